The summed E-state index contributed by atoms with van der Waals surface area (Å²) in [7, 11) is 0. The summed E-state index contributed by atoms with van der Waals surface area (Å²) in [5, 5.41) is 12.2. The zero-order valence-electron chi connectivity index (χ0n) is 10.8. The summed E-state index contributed by atoms with van der Waals surface area (Å²) in [6, 6.07) is 5.44. The Morgan fingerprint density at radius 3 is 3.05 bits per heavy atom. The molecule has 1 aliphatic rings. The molecule has 2 rings (SSSR count). The molecule has 1 aliphatic heterocycles. The van der Waals surface area contributed by atoms with Gasteiger partial charge in [-0.3, -0.25) is 4.90 Å². The van der Waals surface area contributed by atoms with Gasteiger partial charge in [0, 0.05) is 30.2 Å². The minimum Gasteiger partial charge on any atom is -0.409 e. The monoisotopic (exact) mass is 283 g/mol. The van der Waals surface area contributed by atoms with Gasteiger partial charge in [0.1, 0.15) is 0 Å². The molecule has 0 aliphatic carbocycles. The zero-order chi connectivity index (χ0) is 13.8. The molecule has 6 heteroatoms. The SMILES string of the molecule is CC1CN(Cc2ccc(/C(N)=N/O)cc2Cl)CCO1. The number of amidine groups is 1. The average Bonchev–Trinajstić information content (AvgIpc) is 2.40. The second kappa shape index (κ2) is 6.23. The van der Waals surface area contributed by atoms with Crippen LogP contribution in [0.1, 0.15) is 18.1 Å². The lowest BCUT2D eigenvalue weighted by atomic mass is 10.1. The fraction of sp³-hybridized carbons (Fsp3) is 0.462. The maximum atomic E-state index is 8.64. The zero-order valence-corrected chi connectivity index (χ0v) is 11.6. The quantitative estimate of drug-likeness (QED) is 0.383. The maximum Gasteiger partial charge on any atom is 0.170 e. The van der Waals surface area contributed by atoms with Crippen molar-refractivity contribution in [2.24, 2.45) is 10.9 Å². The minimum absolute atomic E-state index is 0.0634. The number of hydrogen-bond acceptors (Lipinski definition) is 4. The Bertz CT molecular complexity index is 479. The largest absolute Gasteiger partial charge is 0.409 e. The summed E-state index contributed by atoms with van der Waals surface area (Å²) in [5.74, 6) is 0.0634. The molecule has 0 spiro atoms. The van der Waals surface area contributed by atoms with E-state index in [2.05, 4.69) is 17.0 Å². The Labute approximate surface area is 117 Å². The van der Waals surface area contributed by atoms with Crippen molar-refractivity contribution in [2.45, 2.75) is 19.6 Å². The highest BCUT2D eigenvalue weighted by molar-refractivity contribution is 6.31. The van der Waals surface area contributed by atoms with E-state index in [1.807, 2.05) is 6.07 Å². The normalized spacial score (nSPS) is 21.6. The lowest BCUT2D eigenvalue weighted by molar-refractivity contribution is -0.0212. The molecule has 1 atom stereocenters. The summed E-state index contributed by atoms with van der Waals surface area (Å²) in [4.78, 5) is 2.30. The standard InChI is InChI=1S/C13H18ClN3O2/c1-9-7-17(4-5-19-9)8-11-3-2-10(6-12(11)14)13(15)16-18/h2-3,6,9,18H,4-5,7-8H2,1H3,(H2,15,16). The summed E-state index contributed by atoms with van der Waals surface area (Å²) in [6.07, 6.45) is 0.254. The topological polar surface area (TPSA) is 71.1 Å². The molecule has 0 saturated carbocycles. The fourth-order valence-corrected chi connectivity index (χ4v) is 2.41. The number of benzene rings is 1. The van der Waals surface area contributed by atoms with E-state index < -0.39 is 0 Å². The van der Waals surface area contributed by atoms with E-state index in [1.54, 1.807) is 12.1 Å². The maximum absolute atomic E-state index is 8.64. The van der Waals surface area contributed by atoms with Gasteiger partial charge < -0.3 is 15.7 Å². The lowest BCUT2D eigenvalue weighted by Crippen LogP contribution is -2.40. The molecule has 19 heavy (non-hydrogen) atoms. The molecule has 1 heterocycles. The molecule has 0 bridgehead atoms. The van der Waals surface area contributed by atoms with Crippen molar-refractivity contribution in [3.63, 3.8) is 0 Å². The van der Waals surface area contributed by atoms with Crippen LogP contribution in [0.2, 0.25) is 5.02 Å². The first-order valence-corrected chi connectivity index (χ1v) is 6.58. The molecule has 1 aromatic carbocycles. The molecule has 104 valence electrons. The van der Waals surface area contributed by atoms with Gasteiger partial charge in [-0.2, -0.15) is 0 Å². The van der Waals surface area contributed by atoms with Gasteiger partial charge in [0.25, 0.3) is 0 Å². The number of rotatable bonds is 3. The van der Waals surface area contributed by atoms with Crippen LogP contribution in [0.4, 0.5) is 0 Å². The number of nitrogens with two attached hydrogens (primary N) is 1. The predicted octanol–water partition coefficient (Wildman–Crippen LogP) is 1.66. The minimum atomic E-state index is 0.0634. The molecule has 0 radical (unpaired) electrons. The van der Waals surface area contributed by atoms with E-state index >= 15 is 0 Å². The summed E-state index contributed by atoms with van der Waals surface area (Å²) < 4.78 is 5.51. The van der Waals surface area contributed by atoms with Crippen LogP contribution in [0.15, 0.2) is 23.4 Å². The molecule has 1 unspecified atom stereocenters. The first kappa shape index (κ1) is 14.1. The van der Waals surface area contributed by atoms with Crippen LogP contribution >= 0.6 is 11.6 Å². The third kappa shape index (κ3) is 3.59. The Morgan fingerprint density at radius 1 is 1.63 bits per heavy atom. The molecule has 5 nitrogen and oxygen atoms in total. The number of hydrogen-bond donors (Lipinski definition) is 2. The second-order valence-corrected chi connectivity index (χ2v) is 5.12. The van der Waals surface area contributed by atoms with E-state index in [0.29, 0.717) is 10.6 Å². The van der Waals surface area contributed by atoms with E-state index in [1.165, 1.54) is 0 Å². The number of ether oxygens (including phenoxy) is 1. The molecule has 1 aromatic rings. The van der Waals surface area contributed by atoms with Crippen LogP contribution in [0.25, 0.3) is 0 Å². The summed E-state index contributed by atoms with van der Waals surface area (Å²) in [5.41, 5.74) is 7.18. The van der Waals surface area contributed by atoms with Gasteiger partial charge in [0.05, 0.1) is 12.7 Å². The second-order valence-electron chi connectivity index (χ2n) is 4.71. The van der Waals surface area contributed by atoms with Crippen molar-refractivity contribution < 1.29 is 9.94 Å². The van der Waals surface area contributed by atoms with Gasteiger partial charge >= 0.3 is 0 Å². The van der Waals surface area contributed by atoms with Gasteiger partial charge in [-0.25, -0.2) is 0 Å². The first-order chi connectivity index (χ1) is 9.10. The fourth-order valence-electron chi connectivity index (χ4n) is 2.17. The Morgan fingerprint density at radius 2 is 2.42 bits per heavy atom. The summed E-state index contributed by atoms with van der Waals surface area (Å²) >= 11 is 6.24. The molecular weight excluding hydrogens is 266 g/mol. The van der Waals surface area contributed by atoms with Crippen LogP contribution in [0, 0.1) is 0 Å². The van der Waals surface area contributed by atoms with Gasteiger partial charge in [-0.1, -0.05) is 28.9 Å². The van der Waals surface area contributed by atoms with Crippen molar-refractivity contribution in [3.8, 4) is 0 Å². The Kier molecular flexibility index (Phi) is 4.63. The average molecular weight is 284 g/mol. The Hall–Kier alpha value is -1.30. The molecule has 1 fully saturated rings. The number of morpholine rings is 1. The van der Waals surface area contributed by atoms with E-state index in [0.717, 1.165) is 31.8 Å². The highest BCUT2D eigenvalue weighted by atomic mass is 35.5. The van der Waals surface area contributed by atoms with Crippen LogP contribution in [-0.4, -0.2) is 41.7 Å². The van der Waals surface area contributed by atoms with Crippen molar-refractivity contribution in [1.29, 1.82) is 0 Å². The van der Waals surface area contributed by atoms with Crippen LogP contribution in [-0.2, 0) is 11.3 Å². The number of oxime groups is 1. The molecular formula is C13H18ClN3O2. The van der Waals surface area contributed by atoms with Gasteiger partial charge in [-0.05, 0) is 18.6 Å². The van der Waals surface area contributed by atoms with Gasteiger partial charge in [-0.15, -0.1) is 0 Å². The van der Waals surface area contributed by atoms with Gasteiger partial charge in [0.2, 0.25) is 0 Å². The molecule has 3 N–H and O–H groups in total. The molecule has 0 aromatic heterocycles. The number of halogens is 1. The van der Waals surface area contributed by atoms with Crippen molar-refractivity contribution in [1.82, 2.24) is 4.90 Å². The van der Waals surface area contributed by atoms with Crippen molar-refractivity contribution >= 4 is 17.4 Å². The van der Waals surface area contributed by atoms with E-state index in [4.69, 9.17) is 27.3 Å². The lowest BCUT2D eigenvalue weighted by Gasteiger charge is -2.31. The third-order valence-electron chi connectivity index (χ3n) is 3.18. The first-order valence-electron chi connectivity index (χ1n) is 6.20. The third-order valence-corrected chi connectivity index (χ3v) is 3.53. The van der Waals surface area contributed by atoms with Crippen LogP contribution < -0.4 is 5.73 Å². The highest BCUT2D eigenvalue weighted by Crippen LogP contribution is 2.20. The predicted molar refractivity (Wildman–Crippen MR) is 74.7 cm³/mol. The van der Waals surface area contributed by atoms with Crippen molar-refractivity contribution in [3.05, 3.63) is 34.3 Å². The van der Waals surface area contributed by atoms with Crippen LogP contribution in [0.5, 0.6) is 0 Å². The Balaban J connectivity index is 2.09. The molecule has 1 saturated heterocycles. The molecule has 0 amide bonds. The highest BCUT2D eigenvalue weighted by Gasteiger charge is 2.17. The van der Waals surface area contributed by atoms with Gasteiger partial charge in [0.15, 0.2) is 5.84 Å². The number of nitrogens with zero attached hydrogens (tertiary/aromatic N) is 2. The van der Waals surface area contributed by atoms with Crippen molar-refractivity contribution in [2.75, 3.05) is 19.7 Å². The smallest absolute Gasteiger partial charge is 0.170 e. The summed E-state index contributed by atoms with van der Waals surface area (Å²) in [6.45, 7) is 5.40. The van der Waals surface area contributed by atoms with Crippen LogP contribution in [0.3, 0.4) is 0 Å². The van der Waals surface area contributed by atoms with E-state index in [9.17, 15) is 0 Å². The van der Waals surface area contributed by atoms with E-state index in [-0.39, 0.29) is 11.9 Å².